The van der Waals surface area contributed by atoms with E-state index in [-0.39, 0.29) is 5.92 Å². The number of benzene rings is 2. The minimum Gasteiger partial charge on any atom is -0.299 e. The third kappa shape index (κ3) is 5.03. The third-order valence-electron chi connectivity index (χ3n) is 6.27. The van der Waals surface area contributed by atoms with Gasteiger partial charge in [-0.05, 0) is 74.4 Å². The zero-order valence-corrected chi connectivity index (χ0v) is 17.2. The minimum atomic E-state index is -0.863. The van der Waals surface area contributed by atoms with Crippen molar-refractivity contribution in [2.45, 2.75) is 57.4 Å². The molecule has 0 aliphatic heterocycles. The second kappa shape index (κ2) is 9.98. The van der Waals surface area contributed by atoms with Crippen LogP contribution in [-0.2, 0) is 12.0 Å². The Hall–Kier alpha value is -2.25. The molecule has 154 valence electrons. The van der Waals surface area contributed by atoms with E-state index in [1.165, 1.54) is 11.6 Å². The molecule has 0 spiro atoms. The van der Waals surface area contributed by atoms with Gasteiger partial charge in [-0.25, -0.2) is 8.78 Å². The zero-order valence-electron chi connectivity index (χ0n) is 17.2. The summed E-state index contributed by atoms with van der Waals surface area (Å²) in [6.07, 6.45) is 5.67. The molecular weight excluding hydrogens is 366 g/mol. The molecule has 0 aromatic heterocycles. The molecule has 0 N–H and O–H groups in total. The van der Waals surface area contributed by atoms with Crippen molar-refractivity contribution in [2.24, 2.45) is 5.92 Å². The Morgan fingerprint density at radius 2 is 1.83 bits per heavy atom. The van der Waals surface area contributed by atoms with Crippen LogP contribution in [0.5, 0.6) is 0 Å². The Balaban J connectivity index is 1.72. The van der Waals surface area contributed by atoms with Gasteiger partial charge in [0.25, 0.3) is 0 Å². The highest BCUT2D eigenvalue weighted by atomic mass is 19.2. The van der Waals surface area contributed by atoms with Crippen molar-refractivity contribution in [3.8, 4) is 6.07 Å². The highest BCUT2D eigenvalue weighted by Gasteiger charge is 2.43. The fraction of sp³-hybridized carbons (Fsp3) is 0.480. The second-order valence-corrected chi connectivity index (χ2v) is 8.21. The quantitative estimate of drug-likeness (QED) is 0.477. The Morgan fingerprint density at radius 3 is 2.41 bits per heavy atom. The van der Waals surface area contributed by atoms with Crippen molar-refractivity contribution in [3.05, 3.63) is 71.3 Å². The summed E-state index contributed by atoms with van der Waals surface area (Å²) in [5.74, 6) is -1.49. The first kappa shape index (κ1) is 21.5. The van der Waals surface area contributed by atoms with E-state index in [2.05, 4.69) is 42.2 Å². The van der Waals surface area contributed by atoms with E-state index in [9.17, 15) is 14.0 Å². The molecule has 0 heterocycles. The van der Waals surface area contributed by atoms with Crippen LogP contribution in [0.3, 0.4) is 0 Å². The summed E-state index contributed by atoms with van der Waals surface area (Å²) in [7, 11) is 0. The summed E-state index contributed by atoms with van der Waals surface area (Å²) in [6, 6.07) is 16.9. The topological polar surface area (TPSA) is 27.0 Å². The molecule has 3 rings (SSSR count). The van der Waals surface area contributed by atoms with E-state index in [1.807, 2.05) is 6.07 Å². The van der Waals surface area contributed by atoms with Gasteiger partial charge in [-0.2, -0.15) is 5.26 Å². The van der Waals surface area contributed by atoms with E-state index >= 15 is 0 Å². The summed E-state index contributed by atoms with van der Waals surface area (Å²) in [5, 5.41) is 10.1. The van der Waals surface area contributed by atoms with E-state index < -0.39 is 17.0 Å². The number of hydrogen-bond acceptors (Lipinski definition) is 2. The van der Waals surface area contributed by atoms with E-state index in [0.29, 0.717) is 12.0 Å². The number of hydrogen-bond donors (Lipinski definition) is 0. The lowest BCUT2D eigenvalue weighted by Crippen LogP contribution is -2.39. The van der Waals surface area contributed by atoms with Crippen LogP contribution < -0.4 is 0 Å². The molecule has 2 aromatic rings. The van der Waals surface area contributed by atoms with Gasteiger partial charge in [-0.15, -0.1) is 0 Å². The molecule has 2 aromatic carbocycles. The molecular formula is C25H30F2N2. The van der Waals surface area contributed by atoms with Gasteiger partial charge in [0.15, 0.2) is 11.6 Å². The lowest BCUT2D eigenvalue weighted by atomic mass is 9.61. The fourth-order valence-corrected chi connectivity index (χ4v) is 4.48. The van der Waals surface area contributed by atoms with Crippen LogP contribution in [0.1, 0.15) is 56.6 Å². The first-order chi connectivity index (χ1) is 14.1. The maximum atomic E-state index is 13.9. The average molecular weight is 397 g/mol. The van der Waals surface area contributed by atoms with Crippen LogP contribution >= 0.6 is 0 Å². The third-order valence-corrected chi connectivity index (χ3v) is 6.27. The van der Waals surface area contributed by atoms with Crippen molar-refractivity contribution >= 4 is 0 Å². The van der Waals surface area contributed by atoms with Crippen LogP contribution in [0.25, 0.3) is 0 Å². The van der Waals surface area contributed by atoms with Crippen LogP contribution in [0, 0.1) is 28.9 Å². The first-order valence-corrected chi connectivity index (χ1v) is 10.7. The summed E-state index contributed by atoms with van der Waals surface area (Å²) in [6.45, 7) is 4.96. The van der Waals surface area contributed by atoms with Crippen molar-refractivity contribution in [2.75, 3.05) is 13.1 Å². The number of halogens is 2. The molecule has 1 unspecified atom stereocenters. The molecule has 1 fully saturated rings. The molecule has 1 aliphatic rings. The smallest absolute Gasteiger partial charge is 0.159 e. The van der Waals surface area contributed by atoms with Gasteiger partial charge in [0.05, 0.1) is 11.5 Å². The zero-order chi connectivity index (χ0) is 20.7. The highest BCUT2D eigenvalue weighted by Crippen LogP contribution is 2.47. The van der Waals surface area contributed by atoms with Gasteiger partial charge in [-0.3, -0.25) is 4.90 Å². The summed E-state index contributed by atoms with van der Waals surface area (Å²) >= 11 is 0. The number of rotatable bonds is 10. The Morgan fingerprint density at radius 1 is 1.07 bits per heavy atom. The maximum absolute atomic E-state index is 13.9. The van der Waals surface area contributed by atoms with Gasteiger partial charge >= 0.3 is 0 Å². The van der Waals surface area contributed by atoms with Gasteiger partial charge in [0.2, 0.25) is 0 Å². The summed E-state index contributed by atoms with van der Waals surface area (Å²) in [5.41, 5.74) is 1.19. The second-order valence-electron chi connectivity index (χ2n) is 8.21. The predicted molar refractivity (Wildman–Crippen MR) is 112 cm³/mol. The predicted octanol–water partition coefficient (Wildman–Crippen LogP) is 6.22. The van der Waals surface area contributed by atoms with E-state index in [4.69, 9.17) is 0 Å². The van der Waals surface area contributed by atoms with Crippen molar-refractivity contribution in [1.29, 1.82) is 5.26 Å². The monoisotopic (exact) mass is 396 g/mol. The molecule has 29 heavy (non-hydrogen) atoms. The van der Waals surface area contributed by atoms with Crippen molar-refractivity contribution in [1.82, 2.24) is 4.90 Å². The lowest BCUT2D eigenvalue weighted by molar-refractivity contribution is 0.182. The van der Waals surface area contributed by atoms with E-state index in [0.717, 1.165) is 57.8 Å². The molecule has 1 saturated carbocycles. The van der Waals surface area contributed by atoms with Gasteiger partial charge in [0, 0.05) is 6.54 Å². The molecule has 1 aliphatic carbocycles. The molecule has 4 heteroatoms. The lowest BCUT2D eigenvalue weighted by Gasteiger charge is -2.41. The van der Waals surface area contributed by atoms with Crippen LogP contribution in [-0.4, -0.2) is 18.0 Å². The summed E-state index contributed by atoms with van der Waals surface area (Å²) in [4.78, 5) is 2.42. The van der Waals surface area contributed by atoms with Crippen LogP contribution in [0.15, 0.2) is 48.5 Å². The Labute approximate surface area is 173 Å². The standard InChI is InChI=1S/C25H30F2N2/c1-2-15-29(18-20-8-4-3-5-9-20)16-7-14-25(19-28,21-10-6-11-21)22-12-13-23(26)24(27)17-22/h3-5,8-9,12-13,17,21H,2,6-7,10-11,14-16,18H2,1H3. The SMILES string of the molecule is CCCN(CCCC(C#N)(c1ccc(F)c(F)c1)C1CCC1)Cc1ccccc1. The van der Waals surface area contributed by atoms with Gasteiger partial charge in [-0.1, -0.05) is 49.7 Å². The van der Waals surface area contributed by atoms with Gasteiger partial charge < -0.3 is 0 Å². The molecule has 0 amide bonds. The minimum absolute atomic E-state index is 0.228. The Bertz CT molecular complexity index is 826. The highest BCUT2D eigenvalue weighted by molar-refractivity contribution is 5.35. The normalized spacial score (nSPS) is 16.2. The largest absolute Gasteiger partial charge is 0.299 e. The average Bonchev–Trinajstić information content (AvgIpc) is 2.68. The van der Waals surface area contributed by atoms with Crippen molar-refractivity contribution < 1.29 is 8.78 Å². The molecule has 0 bridgehead atoms. The summed E-state index contributed by atoms with van der Waals surface area (Å²) < 4.78 is 27.4. The first-order valence-electron chi connectivity index (χ1n) is 10.7. The molecule has 0 radical (unpaired) electrons. The van der Waals surface area contributed by atoms with Crippen molar-refractivity contribution in [3.63, 3.8) is 0 Å². The molecule has 0 saturated heterocycles. The van der Waals surface area contributed by atoms with Crippen LogP contribution in [0.2, 0.25) is 0 Å². The maximum Gasteiger partial charge on any atom is 0.159 e. The number of nitrogens with zero attached hydrogens (tertiary/aromatic N) is 2. The van der Waals surface area contributed by atoms with Gasteiger partial charge in [0.1, 0.15) is 0 Å². The van der Waals surface area contributed by atoms with Crippen LogP contribution in [0.4, 0.5) is 8.78 Å². The fourth-order valence-electron chi connectivity index (χ4n) is 4.48. The molecule has 2 nitrogen and oxygen atoms in total. The number of nitriles is 1. The van der Waals surface area contributed by atoms with E-state index in [1.54, 1.807) is 6.07 Å². The Kier molecular flexibility index (Phi) is 7.39. The molecule has 1 atom stereocenters.